The molecule has 1 aromatic rings. The number of aromatic nitrogens is 1. The molecule has 0 atom stereocenters. The van der Waals surface area contributed by atoms with Gasteiger partial charge in [0, 0.05) is 12.6 Å². The Kier molecular flexibility index (Phi) is 3.03. The molecule has 4 heteroatoms. The third-order valence-electron chi connectivity index (χ3n) is 2.65. The molecular formula is C12H12N4. The Hall–Kier alpha value is -2.07. The zero-order valence-corrected chi connectivity index (χ0v) is 8.93. The van der Waals surface area contributed by atoms with Crippen molar-refractivity contribution in [1.29, 1.82) is 10.5 Å². The van der Waals surface area contributed by atoms with Crippen molar-refractivity contribution in [3.63, 3.8) is 0 Å². The van der Waals surface area contributed by atoms with Crippen LogP contribution in [0, 0.1) is 22.7 Å². The smallest absolute Gasteiger partial charge is 0.140 e. The van der Waals surface area contributed by atoms with E-state index in [1.807, 2.05) is 12.1 Å². The molecule has 0 aliphatic heterocycles. The number of pyridine rings is 1. The fourth-order valence-electron chi connectivity index (χ4n) is 1.70. The molecule has 1 saturated carbocycles. The maximum Gasteiger partial charge on any atom is 0.140 e. The van der Waals surface area contributed by atoms with Crippen molar-refractivity contribution >= 4 is 5.69 Å². The van der Waals surface area contributed by atoms with E-state index >= 15 is 0 Å². The van der Waals surface area contributed by atoms with Crippen molar-refractivity contribution < 1.29 is 0 Å². The van der Waals surface area contributed by atoms with Crippen LogP contribution >= 0.6 is 0 Å². The summed E-state index contributed by atoms with van der Waals surface area (Å²) < 4.78 is 0. The van der Waals surface area contributed by atoms with Crippen molar-refractivity contribution in [2.24, 2.45) is 0 Å². The van der Waals surface area contributed by atoms with Crippen LogP contribution in [0.5, 0.6) is 0 Å². The quantitative estimate of drug-likeness (QED) is 0.763. The minimum absolute atomic E-state index is 0.430. The zero-order valence-electron chi connectivity index (χ0n) is 8.93. The molecule has 0 amide bonds. The van der Waals surface area contributed by atoms with Gasteiger partial charge in [0.15, 0.2) is 0 Å². The summed E-state index contributed by atoms with van der Waals surface area (Å²) >= 11 is 0. The van der Waals surface area contributed by atoms with E-state index in [0.717, 1.165) is 12.2 Å². The minimum atomic E-state index is 0.430. The summed E-state index contributed by atoms with van der Waals surface area (Å²) in [7, 11) is 0. The highest BCUT2D eigenvalue weighted by molar-refractivity contribution is 5.48. The number of anilines is 1. The van der Waals surface area contributed by atoms with Gasteiger partial charge in [-0.15, -0.1) is 0 Å². The van der Waals surface area contributed by atoms with Gasteiger partial charge in [0.2, 0.25) is 0 Å². The maximum atomic E-state index is 8.66. The minimum Gasteiger partial charge on any atom is -0.366 e. The van der Waals surface area contributed by atoms with Gasteiger partial charge in [-0.05, 0) is 25.0 Å². The average Bonchev–Trinajstić information content (AvgIpc) is 3.15. The molecule has 1 aliphatic carbocycles. The van der Waals surface area contributed by atoms with Crippen LogP contribution in [-0.2, 0) is 0 Å². The van der Waals surface area contributed by atoms with Crippen LogP contribution in [0.2, 0.25) is 0 Å². The average molecular weight is 212 g/mol. The van der Waals surface area contributed by atoms with Gasteiger partial charge in [0.1, 0.15) is 11.8 Å². The molecular weight excluding hydrogens is 200 g/mol. The molecule has 0 saturated heterocycles. The number of hydrogen-bond donors (Lipinski definition) is 0. The van der Waals surface area contributed by atoms with E-state index in [2.05, 4.69) is 16.0 Å². The molecule has 0 aromatic carbocycles. The van der Waals surface area contributed by atoms with E-state index in [4.69, 9.17) is 10.5 Å². The van der Waals surface area contributed by atoms with Crippen LogP contribution in [0.4, 0.5) is 5.69 Å². The van der Waals surface area contributed by atoms with Gasteiger partial charge in [0.05, 0.1) is 24.4 Å². The summed E-state index contributed by atoms with van der Waals surface area (Å²) in [5.74, 6) is 0. The molecule has 2 rings (SSSR count). The molecule has 1 aliphatic rings. The predicted octanol–water partition coefficient (Wildman–Crippen LogP) is 1.84. The van der Waals surface area contributed by atoms with E-state index in [1.54, 1.807) is 12.3 Å². The lowest BCUT2D eigenvalue weighted by molar-refractivity contribution is 0.790. The van der Waals surface area contributed by atoms with Crippen molar-refractivity contribution in [2.45, 2.75) is 25.3 Å². The Morgan fingerprint density at radius 2 is 2.19 bits per heavy atom. The van der Waals surface area contributed by atoms with Crippen LogP contribution in [0.3, 0.4) is 0 Å². The van der Waals surface area contributed by atoms with Crippen LogP contribution < -0.4 is 4.90 Å². The fourth-order valence-corrected chi connectivity index (χ4v) is 1.70. The number of nitrogens with zero attached hydrogens (tertiary/aromatic N) is 4. The first-order chi connectivity index (χ1) is 7.85. The lowest BCUT2D eigenvalue weighted by Gasteiger charge is -2.22. The van der Waals surface area contributed by atoms with Gasteiger partial charge in [-0.2, -0.15) is 10.5 Å². The van der Waals surface area contributed by atoms with Gasteiger partial charge >= 0.3 is 0 Å². The van der Waals surface area contributed by atoms with Gasteiger partial charge in [-0.25, -0.2) is 4.98 Å². The summed E-state index contributed by atoms with van der Waals surface area (Å²) in [6.07, 6.45) is 4.61. The summed E-state index contributed by atoms with van der Waals surface area (Å²) in [6.45, 7) is 0.745. The van der Waals surface area contributed by atoms with Crippen molar-refractivity contribution in [1.82, 2.24) is 4.98 Å². The van der Waals surface area contributed by atoms with Crippen LogP contribution in [0.1, 0.15) is 25.0 Å². The highest BCUT2D eigenvalue weighted by atomic mass is 15.2. The Balaban J connectivity index is 2.12. The largest absolute Gasteiger partial charge is 0.366 e. The first-order valence-electron chi connectivity index (χ1n) is 5.35. The lowest BCUT2D eigenvalue weighted by Crippen LogP contribution is -2.26. The van der Waals surface area contributed by atoms with E-state index in [1.165, 1.54) is 12.8 Å². The van der Waals surface area contributed by atoms with Gasteiger partial charge < -0.3 is 4.90 Å². The highest BCUT2D eigenvalue weighted by Gasteiger charge is 2.28. The summed E-state index contributed by atoms with van der Waals surface area (Å²) in [5.41, 5.74) is 1.44. The number of rotatable bonds is 4. The highest BCUT2D eigenvalue weighted by Crippen LogP contribution is 2.31. The molecule has 80 valence electrons. The number of hydrogen-bond acceptors (Lipinski definition) is 4. The van der Waals surface area contributed by atoms with E-state index < -0.39 is 0 Å². The second kappa shape index (κ2) is 4.63. The SMILES string of the molecule is N#CCCN(c1ccc(C#N)nc1)C1CC1. The molecule has 0 N–H and O–H groups in total. The monoisotopic (exact) mass is 212 g/mol. The summed E-state index contributed by atoms with van der Waals surface area (Å²) in [6, 6.07) is 8.34. The molecule has 1 fully saturated rings. The second-order valence-electron chi connectivity index (χ2n) is 3.85. The van der Waals surface area contributed by atoms with Gasteiger partial charge in [0.25, 0.3) is 0 Å². The summed E-state index contributed by atoms with van der Waals surface area (Å²) in [4.78, 5) is 6.26. The molecule has 1 aromatic heterocycles. The molecule has 0 bridgehead atoms. The first-order valence-corrected chi connectivity index (χ1v) is 5.35. The van der Waals surface area contributed by atoms with E-state index in [0.29, 0.717) is 18.2 Å². The van der Waals surface area contributed by atoms with Gasteiger partial charge in [-0.1, -0.05) is 0 Å². The summed E-state index contributed by atoms with van der Waals surface area (Å²) in [5, 5.41) is 17.3. The van der Waals surface area contributed by atoms with Crippen molar-refractivity contribution in [3.05, 3.63) is 24.0 Å². The molecule has 0 radical (unpaired) electrons. The maximum absolute atomic E-state index is 8.66. The van der Waals surface area contributed by atoms with Gasteiger partial charge in [-0.3, -0.25) is 0 Å². The Morgan fingerprint density at radius 3 is 2.69 bits per heavy atom. The fraction of sp³-hybridized carbons (Fsp3) is 0.417. The Labute approximate surface area is 94.7 Å². The standard InChI is InChI=1S/C12H12N4/c13-6-1-7-16(11-4-5-11)12-3-2-10(8-14)15-9-12/h2-3,9,11H,1,4-5,7H2. The Bertz CT molecular complexity index is 434. The topological polar surface area (TPSA) is 63.7 Å². The molecule has 1 heterocycles. The van der Waals surface area contributed by atoms with Crippen LogP contribution in [0.15, 0.2) is 18.3 Å². The third kappa shape index (κ3) is 2.29. The lowest BCUT2D eigenvalue weighted by atomic mass is 10.3. The first kappa shape index (κ1) is 10.4. The predicted molar refractivity (Wildman–Crippen MR) is 59.6 cm³/mol. The zero-order chi connectivity index (χ0) is 11.4. The molecule has 0 unspecified atom stereocenters. The molecule has 16 heavy (non-hydrogen) atoms. The van der Waals surface area contributed by atoms with Crippen LogP contribution in [0.25, 0.3) is 0 Å². The van der Waals surface area contributed by atoms with Crippen molar-refractivity contribution in [2.75, 3.05) is 11.4 Å². The number of nitriles is 2. The van der Waals surface area contributed by atoms with E-state index in [9.17, 15) is 0 Å². The Morgan fingerprint density at radius 1 is 1.38 bits per heavy atom. The normalized spacial score (nSPS) is 13.9. The molecule has 0 spiro atoms. The van der Waals surface area contributed by atoms with E-state index in [-0.39, 0.29) is 0 Å². The molecule has 4 nitrogen and oxygen atoms in total. The van der Waals surface area contributed by atoms with Crippen molar-refractivity contribution in [3.8, 4) is 12.1 Å². The van der Waals surface area contributed by atoms with Crippen LogP contribution in [-0.4, -0.2) is 17.6 Å². The third-order valence-corrected chi connectivity index (χ3v) is 2.65. The second-order valence-corrected chi connectivity index (χ2v) is 3.85.